The minimum absolute atomic E-state index is 0.623. The van der Waals surface area contributed by atoms with E-state index in [1.54, 1.807) is 4.68 Å². The molecule has 0 aliphatic carbocycles. The molecule has 0 atom stereocenters. The summed E-state index contributed by atoms with van der Waals surface area (Å²) in [7, 11) is 0. The summed E-state index contributed by atoms with van der Waals surface area (Å²) in [5.74, 6) is 1.33. The van der Waals surface area contributed by atoms with E-state index in [4.69, 9.17) is 0 Å². The lowest BCUT2D eigenvalue weighted by Crippen LogP contribution is -2.05. The molecule has 0 bridgehead atoms. The zero-order valence-electron chi connectivity index (χ0n) is 13.7. The molecule has 2 aromatic heterocycles. The van der Waals surface area contributed by atoms with Crippen molar-refractivity contribution in [1.82, 2.24) is 19.7 Å². The lowest BCUT2D eigenvalue weighted by Gasteiger charge is -2.06. The number of aryl methyl sites for hydroxylation is 2. The minimum atomic E-state index is 0.623. The van der Waals surface area contributed by atoms with Crippen LogP contribution in [0.5, 0.6) is 0 Å². The molecule has 0 saturated carbocycles. The van der Waals surface area contributed by atoms with E-state index < -0.39 is 0 Å². The van der Waals surface area contributed by atoms with Crippen LogP contribution in [-0.2, 0) is 0 Å². The normalized spacial score (nSPS) is 11.6. The first-order chi connectivity index (χ1) is 11.5. The number of benzene rings is 1. The van der Waals surface area contributed by atoms with Gasteiger partial charge in [0.05, 0.1) is 11.4 Å². The Labute approximate surface area is 154 Å². The summed E-state index contributed by atoms with van der Waals surface area (Å²) in [5, 5.41) is 8.84. The van der Waals surface area contributed by atoms with Crippen LogP contribution < -0.4 is 5.43 Å². The summed E-state index contributed by atoms with van der Waals surface area (Å²) in [4.78, 5) is 8.49. The molecule has 2 heterocycles. The average Bonchev–Trinajstić information content (AvgIpc) is 2.92. The number of hydrazone groups is 1. The van der Waals surface area contributed by atoms with E-state index in [2.05, 4.69) is 60.3 Å². The van der Waals surface area contributed by atoms with Crippen molar-refractivity contribution >= 4 is 34.1 Å². The lowest BCUT2D eigenvalue weighted by atomic mass is 10.1. The van der Waals surface area contributed by atoms with Crippen LogP contribution in [0.25, 0.3) is 5.82 Å². The maximum atomic E-state index is 4.43. The van der Waals surface area contributed by atoms with Crippen LogP contribution in [0.15, 0.2) is 47.8 Å². The van der Waals surface area contributed by atoms with Crippen LogP contribution in [0.3, 0.4) is 0 Å². The van der Waals surface area contributed by atoms with E-state index in [9.17, 15) is 0 Å². The Balaban J connectivity index is 1.81. The molecule has 7 heteroatoms. The van der Waals surface area contributed by atoms with Gasteiger partial charge in [-0.2, -0.15) is 10.2 Å². The van der Waals surface area contributed by atoms with Gasteiger partial charge in [0.2, 0.25) is 0 Å². The third kappa shape index (κ3) is 3.78. The van der Waals surface area contributed by atoms with Crippen molar-refractivity contribution in [2.45, 2.75) is 20.8 Å². The highest BCUT2D eigenvalue weighted by Crippen LogP contribution is 2.13. The van der Waals surface area contributed by atoms with Crippen LogP contribution in [0.2, 0.25) is 0 Å². The Morgan fingerprint density at radius 3 is 2.54 bits per heavy atom. The molecule has 122 valence electrons. The van der Waals surface area contributed by atoms with Gasteiger partial charge >= 0.3 is 0 Å². The maximum absolute atomic E-state index is 4.43. The summed E-state index contributed by atoms with van der Waals surface area (Å²) in [5.41, 5.74) is 6.92. The van der Waals surface area contributed by atoms with E-state index in [1.807, 2.05) is 45.0 Å². The highest BCUT2D eigenvalue weighted by Gasteiger charge is 2.06. The number of halogens is 1. The van der Waals surface area contributed by atoms with Crippen molar-refractivity contribution in [2.24, 2.45) is 5.10 Å². The summed E-state index contributed by atoms with van der Waals surface area (Å²) in [6.45, 7) is 5.91. The van der Waals surface area contributed by atoms with Gasteiger partial charge < -0.3 is 0 Å². The van der Waals surface area contributed by atoms with Gasteiger partial charge in [0.15, 0.2) is 11.6 Å². The molecule has 1 aromatic carbocycles. The lowest BCUT2D eigenvalue weighted by molar-refractivity contribution is 0.801. The first-order valence-electron chi connectivity index (χ1n) is 7.45. The van der Waals surface area contributed by atoms with Gasteiger partial charge in [0, 0.05) is 15.3 Å². The molecule has 0 aliphatic rings. The number of hydrogen-bond acceptors (Lipinski definition) is 5. The van der Waals surface area contributed by atoms with E-state index in [0.29, 0.717) is 11.6 Å². The molecule has 0 unspecified atom stereocenters. The number of nitrogens with zero attached hydrogens (tertiary/aromatic N) is 5. The zero-order valence-corrected chi connectivity index (χ0v) is 15.8. The van der Waals surface area contributed by atoms with Crippen LogP contribution in [-0.4, -0.2) is 25.5 Å². The van der Waals surface area contributed by atoms with Crippen molar-refractivity contribution < 1.29 is 0 Å². The number of nitrogens with one attached hydrogen (secondary N) is 1. The number of aromatic nitrogens is 4. The predicted molar refractivity (Wildman–Crippen MR) is 104 cm³/mol. The summed E-state index contributed by atoms with van der Waals surface area (Å²) < 4.78 is 2.99. The molecule has 0 saturated heterocycles. The number of rotatable bonds is 4. The van der Waals surface area contributed by atoms with Crippen LogP contribution in [0, 0.1) is 17.4 Å². The quantitative estimate of drug-likeness (QED) is 0.388. The third-order valence-electron chi connectivity index (χ3n) is 3.48. The monoisotopic (exact) mass is 432 g/mol. The molecule has 3 aromatic rings. The summed E-state index contributed by atoms with van der Waals surface area (Å²) in [6.07, 6.45) is 1.50. The molecule has 6 nitrogen and oxygen atoms in total. The van der Waals surface area contributed by atoms with Crippen molar-refractivity contribution in [3.63, 3.8) is 0 Å². The van der Waals surface area contributed by atoms with Crippen LogP contribution in [0.4, 0.5) is 5.82 Å². The van der Waals surface area contributed by atoms with Crippen LogP contribution in [0.1, 0.15) is 23.9 Å². The SMILES string of the molecule is C/C(=N\Nc1cc(-n2nc(C)cc2C)ncn1)c1ccc(I)cc1. The Morgan fingerprint density at radius 2 is 1.88 bits per heavy atom. The zero-order chi connectivity index (χ0) is 17.1. The van der Waals surface area contributed by atoms with Crippen molar-refractivity contribution in [1.29, 1.82) is 0 Å². The van der Waals surface area contributed by atoms with E-state index in [-0.39, 0.29) is 0 Å². The molecule has 1 N–H and O–H groups in total. The Morgan fingerprint density at radius 1 is 1.12 bits per heavy atom. The van der Waals surface area contributed by atoms with Gasteiger partial charge in [-0.3, -0.25) is 5.43 Å². The Hall–Kier alpha value is -2.29. The van der Waals surface area contributed by atoms with Crippen LogP contribution >= 0.6 is 22.6 Å². The second-order valence-corrected chi connectivity index (χ2v) is 6.66. The highest BCUT2D eigenvalue weighted by atomic mass is 127. The molecule has 0 radical (unpaired) electrons. The smallest absolute Gasteiger partial charge is 0.159 e. The molecule has 0 spiro atoms. The topological polar surface area (TPSA) is 68.0 Å². The fraction of sp³-hybridized carbons (Fsp3) is 0.176. The molecule has 3 rings (SSSR count). The first-order valence-corrected chi connectivity index (χ1v) is 8.53. The average molecular weight is 432 g/mol. The maximum Gasteiger partial charge on any atom is 0.159 e. The van der Waals surface area contributed by atoms with Gasteiger partial charge in [-0.15, -0.1) is 0 Å². The van der Waals surface area contributed by atoms with Gasteiger partial charge in [-0.1, -0.05) is 12.1 Å². The molecule has 0 fully saturated rings. The van der Waals surface area contributed by atoms with Gasteiger partial charge in [0.1, 0.15) is 6.33 Å². The number of hydrogen-bond donors (Lipinski definition) is 1. The fourth-order valence-corrected chi connectivity index (χ4v) is 2.64. The standard InChI is InChI=1S/C17H17IN6/c1-11-8-12(2)24(23-11)17-9-16(19-10-20-17)22-21-13(3)14-4-6-15(18)7-5-14/h4-10H,1-3H3,(H,19,20,22)/b21-13+. The Kier molecular flexibility index (Phi) is 4.89. The summed E-state index contributed by atoms with van der Waals surface area (Å²) >= 11 is 2.28. The fourth-order valence-electron chi connectivity index (χ4n) is 2.28. The molecular weight excluding hydrogens is 415 g/mol. The first kappa shape index (κ1) is 16.6. The van der Waals surface area contributed by atoms with Gasteiger partial charge in [0.25, 0.3) is 0 Å². The van der Waals surface area contributed by atoms with Gasteiger partial charge in [-0.25, -0.2) is 14.6 Å². The summed E-state index contributed by atoms with van der Waals surface area (Å²) in [6, 6.07) is 12.0. The minimum Gasteiger partial charge on any atom is -0.261 e. The second-order valence-electron chi connectivity index (χ2n) is 5.42. The third-order valence-corrected chi connectivity index (χ3v) is 4.20. The molecular formula is C17H17IN6. The largest absolute Gasteiger partial charge is 0.261 e. The van der Waals surface area contributed by atoms with E-state index >= 15 is 0 Å². The number of anilines is 1. The highest BCUT2D eigenvalue weighted by molar-refractivity contribution is 14.1. The molecule has 0 aliphatic heterocycles. The van der Waals surface area contributed by atoms with Crippen molar-refractivity contribution in [3.8, 4) is 5.82 Å². The predicted octanol–water partition coefficient (Wildman–Crippen LogP) is 3.72. The van der Waals surface area contributed by atoms with Gasteiger partial charge in [-0.05, 0) is 67.1 Å². The van der Waals surface area contributed by atoms with Crippen molar-refractivity contribution in [2.75, 3.05) is 5.43 Å². The Bertz CT molecular complexity index is 882. The van der Waals surface area contributed by atoms with E-state index in [1.165, 1.54) is 9.90 Å². The second kappa shape index (κ2) is 7.08. The van der Waals surface area contributed by atoms with E-state index in [0.717, 1.165) is 22.7 Å². The molecule has 0 amide bonds. The van der Waals surface area contributed by atoms with Crippen molar-refractivity contribution in [3.05, 3.63) is 63.2 Å². The molecule has 24 heavy (non-hydrogen) atoms.